The van der Waals surface area contributed by atoms with Crippen molar-refractivity contribution >= 4 is 24.8 Å². The molecule has 5 aromatic carbocycles. The van der Waals surface area contributed by atoms with Crippen LogP contribution in [0.5, 0.6) is 0 Å². The molecular weight excluding hydrogens is 961 g/mol. The van der Waals surface area contributed by atoms with Crippen LogP contribution in [0, 0.1) is 17.4 Å². The summed E-state index contributed by atoms with van der Waals surface area (Å²) in [6.07, 6.45) is 2.90. The van der Waals surface area contributed by atoms with Crippen LogP contribution in [0.15, 0.2) is 96.6 Å². The van der Waals surface area contributed by atoms with E-state index in [0.29, 0.717) is 14.5 Å². The molecule has 360 valence electrons. The molecule has 0 fully saturated rings. The van der Waals surface area contributed by atoms with Crippen LogP contribution < -0.4 is 24.8 Å². The van der Waals surface area contributed by atoms with Gasteiger partial charge in [-0.2, -0.15) is 11.6 Å². The van der Waals surface area contributed by atoms with Gasteiger partial charge in [0, 0.05) is 0 Å². The Morgan fingerprint density at radius 3 is 1.21 bits per heavy atom. The Balaban J connectivity index is 0.000000359. The zero-order valence-electron chi connectivity index (χ0n) is 41.9. The van der Waals surface area contributed by atoms with Gasteiger partial charge >= 0.3 is 137 Å². The van der Waals surface area contributed by atoms with E-state index in [1.807, 2.05) is 0 Å². The minimum atomic E-state index is -4.49. The molecule has 0 heterocycles. The average molecular weight is 1030 g/mol. The van der Waals surface area contributed by atoms with Gasteiger partial charge in [0.25, 0.3) is 0 Å². The molecule has 6 rings (SSSR count). The SMILES string of the molecule is CC(C)(C)c1cc2[cH-]c3cc(C(C)(C)C)c(C(C)(C)C)cc3c2cc1C(C)(C)C.CCCCC1[C-]=CC(C(C)(C)C)=C1.FC(F)(F)c1cccc([C](=[Zr+2])c2cccc(C(F)(F)F)c2)c1.[Cl-].[Cl-]. The van der Waals surface area contributed by atoms with E-state index in [1.165, 1.54) is 92.9 Å². The van der Waals surface area contributed by atoms with E-state index in [2.05, 4.69) is 159 Å². The Morgan fingerprint density at radius 1 is 0.545 bits per heavy atom. The molecule has 9 heteroatoms. The standard InChI is InChI=1S/C29H41.C15H8F6.C13H21.2ClH.Zr/c1-26(2,3)22-14-18-13-19-15-23(27(4,5)6)25(29(10,11)12)17-21(19)20(18)16-24(22)28(7,8)9;16-14(17,18)12-5-1-3-10(8-12)7-11-4-2-6-13(9-11)15(19,20)21;1-5-6-7-11-8-9-12(10-11)13(2,3)4;;;/h13-17H,1-12H3;1-6,8-9H;9-11H,5-7H2,1-4H3;2*1H;/q-1;;-1;;;+2/p-2. The molecule has 1 aliphatic carbocycles. The molecule has 0 nitrogen and oxygen atoms in total. The van der Waals surface area contributed by atoms with Crippen LogP contribution in [-0.2, 0) is 58.2 Å². The smallest absolute Gasteiger partial charge is 1.00 e. The first-order valence-electron chi connectivity index (χ1n) is 22.5. The summed E-state index contributed by atoms with van der Waals surface area (Å²) in [4.78, 5) is 0. The molecule has 0 spiro atoms. The van der Waals surface area contributed by atoms with Crippen LogP contribution in [0.1, 0.15) is 175 Å². The summed E-state index contributed by atoms with van der Waals surface area (Å²) in [7, 11) is 0. The van der Waals surface area contributed by atoms with Crippen LogP contribution in [0.4, 0.5) is 26.3 Å². The molecule has 1 unspecified atom stereocenters. The van der Waals surface area contributed by atoms with Gasteiger partial charge in [-0.05, 0) is 21.7 Å². The first-order valence-corrected chi connectivity index (χ1v) is 23.7. The topological polar surface area (TPSA) is 0 Å². The van der Waals surface area contributed by atoms with E-state index in [-0.39, 0.29) is 57.6 Å². The summed E-state index contributed by atoms with van der Waals surface area (Å²) >= 11 is 0.729. The van der Waals surface area contributed by atoms with Gasteiger partial charge in [-0.1, -0.05) is 176 Å². The number of hydrogen-bond acceptors (Lipinski definition) is 0. The molecule has 1 aliphatic rings. The van der Waals surface area contributed by atoms with Crippen molar-refractivity contribution in [3.05, 3.63) is 147 Å². The second-order valence-electron chi connectivity index (χ2n) is 22.6. The van der Waals surface area contributed by atoms with Crippen molar-refractivity contribution in [2.24, 2.45) is 11.3 Å². The normalized spacial score (nSPS) is 14.7. The van der Waals surface area contributed by atoms with Crippen LogP contribution in [0.25, 0.3) is 21.5 Å². The van der Waals surface area contributed by atoms with E-state index in [4.69, 9.17) is 0 Å². The zero-order valence-corrected chi connectivity index (χ0v) is 45.9. The van der Waals surface area contributed by atoms with E-state index in [0.717, 1.165) is 48.5 Å². The maximum atomic E-state index is 12.7. The van der Waals surface area contributed by atoms with E-state index < -0.39 is 23.5 Å². The first-order chi connectivity index (χ1) is 29.0. The minimum absolute atomic E-state index is 0. The molecule has 5 aromatic rings. The monoisotopic (exact) mass is 1030 g/mol. The van der Waals surface area contributed by atoms with Gasteiger partial charge in [0.1, 0.15) is 0 Å². The molecule has 0 aliphatic heterocycles. The van der Waals surface area contributed by atoms with Crippen molar-refractivity contribution in [2.75, 3.05) is 0 Å². The number of rotatable bonds is 5. The fraction of sp³-hybridized carbons (Fsp3) is 0.474. The molecule has 0 saturated heterocycles. The summed E-state index contributed by atoms with van der Waals surface area (Å²) < 4.78 is 76.7. The van der Waals surface area contributed by atoms with Gasteiger partial charge in [0.15, 0.2) is 0 Å². The Kier molecular flexibility index (Phi) is 19.6. The quantitative estimate of drug-likeness (QED) is 0.122. The van der Waals surface area contributed by atoms with Gasteiger partial charge in [-0.25, -0.2) is 6.08 Å². The summed E-state index contributed by atoms with van der Waals surface area (Å²) in [6, 6.07) is 21.5. The predicted octanol–water partition coefficient (Wildman–Crippen LogP) is 11.9. The largest absolute Gasteiger partial charge is 1.00 e. The molecule has 0 saturated carbocycles. The maximum absolute atomic E-state index is 12.7. The molecule has 0 bridgehead atoms. The number of benzene rings is 4. The first kappa shape index (κ1) is 59.3. The number of fused-ring (bicyclic) bond motifs is 3. The Morgan fingerprint density at radius 2 is 0.909 bits per heavy atom. The molecule has 0 amide bonds. The van der Waals surface area contributed by atoms with E-state index in [1.54, 1.807) is 0 Å². The Labute approximate surface area is 420 Å². The van der Waals surface area contributed by atoms with Gasteiger partial charge in [-0.3, -0.25) is 6.08 Å². The van der Waals surface area contributed by atoms with Gasteiger partial charge in [0.05, 0.1) is 0 Å². The Hall–Kier alpha value is -2.86. The van der Waals surface area contributed by atoms with Gasteiger partial charge in [0.2, 0.25) is 0 Å². The van der Waals surface area contributed by atoms with Crippen LogP contribution in [0.2, 0.25) is 0 Å². The number of alkyl halides is 6. The summed E-state index contributed by atoms with van der Waals surface area (Å²) in [6.45, 7) is 37.1. The van der Waals surface area contributed by atoms with Crippen molar-refractivity contribution in [3.63, 3.8) is 0 Å². The number of hydrogen-bond donors (Lipinski definition) is 0. The second-order valence-corrected chi connectivity index (χ2v) is 23.8. The molecule has 66 heavy (non-hydrogen) atoms. The van der Waals surface area contributed by atoms with Gasteiger partial charge in [-0.15, -0.1) is 39.7 Å². The molecule has 0 aromatic heterocycles. The molecular formula is C57H70Cl2F6Zr-2. The number of halogens is 8. The van der Waals surface area contributed by atoms with Crippen molar-refractivity contribution < 1.29 is 75.4 Å². The second kappa shape index (κ2) is 21.8. The third-order valence-corrected chi connectivity index (χ3v) is 13.2. The molecule has 0 radical (unpaired) electrons. The van der Waals surface area contributed by atoms with Crippen molar-refractivity contribution in [3.8, 4) is 0 Å². The Bertz CT molecular complexity index is 2350. The maximum Gasteiger partial charge on any atom is -1.00 e. The minimum Gasteiger partial charge on any atom is -1.00 e. The third-order valence-electron chi connectivity index (χ3n) is 11.7. The van der Waals surface area contributed by atoms with Crippen molar-refractivity contribution in [1.29, 1.82) is 0 Å². The average Bonchev–Trinajstić information content (AvgIpc) is 3.79. The van der Waals surface area contributed by atoms with Crippen LogP contribution >= 0.6 is 0 Å². The van der Waals surface area contributed by atoms with Crippen molar-refractivity contribution in [2.45, 2.75) is 164 Å². The van der Waals surface area contributed by atoms with Crippen molar-refractivity contribution in [1.82, 2.24) is 0 Å². The number of unbranched alkanes of at least 4 members (excludes halogenated alkanes) is 1. The van der Waals surface area contributed by atoms with Crippen LogP contribution in [-0.4, -0.2) is 3.21 Å². The summed E-state index contributed by atoms with van der Waals surface area (Å²) in [5.41, 5.74) is 7.05. The third kappa shape index (κ3) is 15.3. The molecule has 1 atom stereocenters. The van der Waals surface area contributed by atoms with Crippen LogP contribution in [0.3, 0.4) is 0 Å². The fourth-order valence-electron chi connectivity index (χ4n) is 8.02. The summed E-state index contributed by atoms with van der Waals surface area (Å²) in [5.74, 6) is 0.592. The number of allylic oxidation sites excluding steroid dienone is 4. The van der Waals surface area contributed by atoms with E-state index in [9.17, 15) is 26.3 Å². The summed E-state index contributed by atoms with van der Waals surface area (Å²) in [5, 5.41) is 5.57. The molecule has 0 N–H and O–H groups in total. The fourth-order valence-corrected chi connectivity index (χ4v) is 8.79. The zero-order chi connectivity index (χ0) is 48.6. The van der Waals surface area contributed by atoms with E-state index >= 15 is 0 Å². The van der Waals surface area contributed by atoms with Gasteiger partial charge < -0.3 is 24.8 Å². The predicted molar refractivity (Wildman–Crippen MR) is 256 cm³/mol.